The maximum atomic E-state index is 13.8. The first kappa shape index (κ1) is 47.6. The third-order valence-electron chi connectivity index (χ3n) is 11.7. The monoisotopic (exact) mass is 870 g/mol. The fourth-order valence-electron chi connectivity index (χ4n) is 8.26. The lowest BCUT2D eigenvalue weighted by Gasteiger charge is -2.58. The van der Waals surface area contributed by atoms with Crippen molar-refractivity contribution >= 4 is 23.1 Å². The summed E-state index contributed by atoms with van der Waals surface area (Å²) in [6.07, 6.45) is -16.0. The van der Waals surface area contributed by atoms with Gasteiger partial charge in [-0.05, 0) is 49.9 Å². The summed E-state index contributed by atoms with van der Waals surface area (Å²) >= 11 is 0. The molecule has 1 unspecified atom stereocenters. The predicted octanol–water partition coefficient (Wildman–Crippen LogP) is 2.72. The van der Waals surface area contributed by atoms with Gasteiger partial charge in [-0.25, -0.2) is 0 Å². The van der Waals surface area contributed by atoms with Gasteiger partial charge in [-0.15, -0.1) is 0 Å². The molecule has 2 aliphatic rings. The maximum Gasteiger partial charge on any atom is 0.213 e. The molecule has 15 nitrogen and oxygen atoms in total. The zero-order valence-electron chi connectivity index (χ0n) is 35.4. The van der Waals surface area contributed by atoms with Gasteiger partial charge in [0.05, 0.1) is 26.4 Å². The molecule has 15 heteroatoms. The number of benzene rings is 4. The van der Waals surface area contributed by atoms with Crippen LogP contribution in [0.15, 0.2) is 121 Å². The van der Waals surface area contributed by atoms with Crippen LogP contribution in [-0.2, 0) is 74.0 Å². The molecule has 0 spiro atoms. The van der Waals surface area contributed by atoms with E-state index in [1.54, 1.807) is 54.6 Å². The number of aliphatic hydroxyl groups is 5. The van der Waals surface area contributed by atoms with Crippen molar-refractivity contribution in [2.45, 2.75) is 126 Å². The smallest absolute Gasteiger partial charge is 0.213 e. The summed E-state index contributed by atoms with van der Waals surface area (Å²) in [4.78, 5) is 54.4. The second-order valence-corrected chi connectivity index (χ2v) is 16.0. The van der Waals surface area contributed by atoms with Gasteiger partial charge in [0.25, 0.3) is 0 Å². The van der Waals surface area contributed by atoms with Crippen LogP contribution in [0.4, 0.5) is 0 Å². The number of Topliss-reactive ketones (excluding diaryl/α,β-unsaturated/α-hetero) is 4. The SMILES string of the molecule is CC(=O)[C@@]1(O)[C@@](O)(C(C)=O)[C@@H](O[C@H]2[C@@H](O)[C@@H](OCc3ccccc3)[C@H](OCc3ccccc3)[C@@H](OCc3ccccc3)[C@@H]2OCc2ccccc2)O[C@H](C(=O)C(C)O)[C@]1(O)C(C)=O. The Morgan fingerprint density at radius 1 is 0.540 bits per heavy atom. The third kappa shape index (κ3) is 9.51. The standard InChI is InChI=1S/C48H54O15/c1-29(49)37(53)44-46(55,30(2)50)48(57,32(4)52)47(56,31(3)51)45(63-44)62-40-38(54)39(58-25-33-17-9-5-10-18-33)41(59-26-34-19-11-6-12-20-34)43(61-28-36-23-15-8-16-24-36)42(40)60-27-35-21-13-7-14-22-35/h5-24,29,38-45,49,54-57H,25-28H2,1-4H3/t29?,38-,39+,40-,41-,42+,43+,44+,45-,46+,47+,48-/m0/s1. The Hall–Kier alpha value is -4.88. The van der Waals surface area contributed by atoms with E-state index in [9.17, 15) is 44.7 Å². The number of ketones is 4. The van der Waals surface area contributed by atoms with Crippen LogP contribution in [0.5, 0.6) is 0 Å². The Morgan fingerprint density at radius 3 is 1.21 bits per heavy atom. The molecule has 336 valence electrons. The highest BCUT2D eigenvalue weighted by Crippen LogP contribution is 2.49. The Labute approximate surface area is 365 Å². The normalized spacial score (nSPS) is 31.2. The average Bonchev–Trinajstić information content (AvgIpc) is 3.28. The summed E-state index contributed by atoms with van der Waals surface area (Å²) in [6.45, 7) is 2.91. The lowest BCUT2D eigenvalue weighted by atomic mass is 9.60. The molecule has 4 aromatic rings. The van der Waals surface area contributed by atoms with Crippen LogP contribution in [0, 0.1) is 0 Å². The van der Waals surface area contributed by atoms with Crippen LogP contribution in [0.1, 0.15) is 49.9 Å². The van der Waals surface area contributed by atoms with E-state index >= 15 is 0 Å². The van der Waals surface area contributed by atoms with Crippen molar-refractivity contribution < 1.29 is 73.1 Å². The van der Waals surface area contributed by atoms with Crippen molar-refractivity contribution in [2.75, 3.05) is 0 Å². The summed E-state index contributed by atoms with van der Waals surface area (Å²) in [6, 6.07) is 36.3. The average molecular weight is 871 g/mol. The number of carbonyl (C=O) groups is 4. The van der Waals surface area contributed by atoms with Gasteiger partial charge in [-0.2, -0.15) is 0 Å². The van der Waals surface area contributed by atoms with Crippen LogP contribution in [0.2, 0.25) is 0 Å². The van der Waals surface area contributed by atoms with Gasteiger partial charge in [0, 0.05) is 0 Å². The second-order valence-electron chi connectivity index (χ2n) is 16.0. The second kappa shape index (κ2) is 20.3. The molecule has 63 heavy (non-hydrogen) atoms. The number of carbonyl (C=O) groups excluding carboxylic acids is 4. The van der Waals surface area contributed by atoms with Gasteiger partial charge >= 0.3 is 0 Å². The van der Waals surface area contributed by atoms with Crippen LogP contribution in [0.3, 0.4) is 0 Å². The molecule has 4 aromatic carbocycles. The van der Waals surface area contributed by atoms with Crippen LogP contribution < -0.4 is 0 Å². The molecular formula is C48H54O15. The summed E-state index contributed by atoms with van der Waals surface area (Å²) in [5.74, 6) is -5.82. The van der Waals surface area contributed by atoms with E-state index in [-0.39, 0.29) is 26.4 Å². The molecule has 1 saturated carbocycles. The Morgan fingerprint density at radius 2 is 0.873 bits per heavy atom. The number of hydrogen-bond donors (Lipinski definition) is 5. The minimum absolute atomic E-state index is 0.0137. The summed E-state index contributed by atoms with van der Waals surface area (Å²) in [5.41, 5.74) is -8.23. The van der Waals surface area contributed by atoms with Crippen molar-refractivity contribution in [2.24, 2.45) is 0 Å². The highest BCUT2D eigenvalue weighted by atomic mass is 16.7. The van der Waals surface area contributed by atoms with Gasteiger partial charge in [-0.3, -0.25) is 19.2 Å². The summed E-state index contributed by atoms with van der Waals surface area (Å²) < 4.78 is 38.7. The van der Waals surface area contributed by atoms with Crippen LogP contribution in [-0.4, -0.2) is 121 Å². The van der Waals surface area contributed by atoms with Gasteiger partial charge in [0.15, 0.2) is 41.1 Å². The molecule has 2 fully saturated rings. The molecule has 0 radical (unpaired) electrons. The predicted molar refractivity (Wildman–Crippen MR) is 223 cm³/mol. The summed E-state index contributed by atoms with van der Waals surface area (Å²) in [5, 5.41) is 59.9. The van der Waals surface area contributed by atoms with Crippen molar-refractivity contribution in [1.29, 1.82) is 0 Å². The van der Waals surface area contributed by atoms with Crippen LogP contribution in [0.25, 0.3) is 0 Å². The lowest BCUT2D eigenvalue weighted by Crippen LogP contribution is -2.87. The number of aliphatic hydroxyl groups excluding tert-OH is 2. The van der Waals surface area contributed by atoms with E-state index in [1.165, 1.54) is 0 Å². The molecule has 1 aliphatic carbocycles. The van der Waals surface area contributed by atoms with Gasteiger partial charge in [0.2, 0.25) is 11.2 Å². The van der Waals surface area contributed by atoms with E-state index < -0.39 is 95.1 Å². The third-order valence-corrected chi connectivity index (χ3v) is 11.7. The molecule has 12 atom stereocenters. The quantitative estimate of drug-likeness (QED) is 0.0914. The van der Waals surface area contributed by atoms with E-state index in [0.717, 1.165) is 25.0 Å². The minimum Gasteiger partial charge on any atom is -0.387 e. The maximum absolute atomic E-state index is 13.8. The number of hydrogen-bond acceptors (Lipinski definition) is 15. The lowest BCUT2D eigenvalue weighted by molar-refractivity contribution is -0.384. The van der Waals surface area contributed by atoms with Gasteiger partial charge in [-0.1, -0.05) is 121 Å². The zero-order valence-corrected chi connectivity index (χ0v) is 35.4. The molecule has 6 rings (SSSR count). The first-order valence-electron chi connectivity index (χ1n) is 20.6. The first-order valence-corrected chi connectivity index (χ1v) is 20.6. The Balaban J connectivity index is 1.52. The molecule has 1 aliphatic heterocycles. The van der Waals surface area contributed by atoms with Gasteiger partial charge < -0.3 is 54.0 Å². The molecule has 1 heterocycles. The molecule has 0 amide bonds. The van der Waals surface area contributed by atoms with Gasteiger partial charge in [0.1, 0.15) is 42.7 Å². The van der Waals surface area contributed by atoms with Crippen molar-refractivity contribution in [3.8, 4) is 0 Å². The molecule has 0 aromatic heterocycles. The fraction of sp³-hybridized carbons (Fsp3) is 0.417. The highest BCUT2D eigenvalue weighted by molar-refractivity contribution is 6.08. The molecule has 1 saturated heterocycles. The van der Waals surface area contributed by atoms with E-state index in [0.29, 0.717) is 25.0 Å². The first-order chi connectivity index (χ1) is 30.0. The minimum atomic E-state index is -3.83. The zero-order chi connectivity index (χ0) is 45.5. The van der Waals surface area contributed by atoms with Crippen molar-refractivity contribution in [1.82, 2.24) is 0 Å². The van der Waals surface area contributed by atoms with Crippen molar-refractivity contribution in [3.63, 3.8) is 0 Å². The molecule has 5 N–H and O–H groups in total. The van der Waals surface area contributed by atoms with E-state index in [2.05, 4.69) is 0 Å². The largest absolute Gasteiger partial charge is 0.387 e. The molecule has 0 bridgehead atoms. The highest BCUT2D eigenvalue weighted by Gasteiger charge is 2.80. The molecular weight excluding hydrogens is 817 g/mol. The van der Waals surface area contributed by atoms with E-state index in [4.69, 9.17) is 28.4 Å². The van der Waals surface area contributed by atoms with E-state index in [1.807, 2.05) is 66.7 Å². The topological polar surface area (TPSA) is 225 Å². The summed E-state index contributed by atoms with van der Waals surface area (Å²) in [7, 11) is 0. The Kier molecular flexibility index (Phi) is 15.3. The Bertz CT molecular complexity index is 2160. The van der Waals surface area contributed by atoms with Crippen molar-refractivity contribution in [3.05, 3.63) is 144 Å². The number of ether oxygens (including phenoxy) is 6. The fourth-order valence-corrected chi connectivity index (χ4v) is 8.26. The van der Waals surface area contributed by atoms with Crippen LogP contribution >= 0.6 is 0 Å². The number of rotatable bonds is 19.